The fourth-order valence-corrected chi connectivity index (χ4v) is 3.53. The SMILES string of the molecule is Cc1ccc(CNC(=O)N2CC[C@H](CC(=O)N(C)Cc3ccccc3)C2)cc1. The summed E-state index contributed by atoms with van der Waals surface area (Å²) in [5, 5.41) is 2.98. The standard InChI is InChI=1S/C23H29N3O2/c1-18-8-10-19(11-9-18)15-24-23(28)26-13-12-21(17-26)14-22(27)25(2)16-20-6-4-3-5-7-20/h3-11,21H,12-17H2,1-2H3,(H,24,28)/t21-/m1/s1. The summed E-state index contributed by atoms with van der Waals surface area (Å²) in [4.78, 5) is 28.5. The molecule has 28 heavy (non-hydrogen) atoms. The minimum absolute atomic E-state index is 0.0480. The van der Waals surface area contributed by atoms with E-state index in [2.05, 4.69) is 5.32 Å². The summed E-state index contributed by atoms with van der Waals surface area (Å²) in [7, 11) is 1.84. The van der Waals surface area contributed by atoms with E-state index in [1.807, 2.05) is 73.5 Å². The van der Waals surface area contributed by atoms with E-state index in [0.29, 0.717) is 32.6 Å². The third-order valence-electron chi connectivity index (χ3n) is 5.29. The van der Waals surface area contributed by atoms with Crippen LogP contribution in [0.2, 0.25) is 0 Å². The van der Waals surface area contributed by atoms with Crippen LogP contribution in [0.5, 0.6) is 0 Å². The minimum atomic E-state index is -0.0480. The van der Waals surface area contributed by atoms with Gasteiger partial charge in [-0.15, -0.1) is 0 Å². The zero-order valence-electron chi connectivity index (χ0n) is 16.7. The maximum absolute atomic E-state index is 12.5. The topological polar surface area (TPSA) is 52.7 Å². The van der Waals surface area contributed by atoms with E-state index < -0.39 is 0 Å². The minimum Gasteiger partial charge on any atom is -0.341 e. The van der Waals surface area contributed by atoms with E-state index in [4.69, 9.17) is 0 Å². The number of hydrogen-bond acceptors (Lipinski definition) is 2. The third kappa shape index (κ3) is 5.59. The first-order valence-electron chi connectivity index (χ1n) is 9.87. The Morgan fingerprint density at radius 1 is 1.07 bits per heavy atom. The van der Waals surface area contributed by atoms with Gasteiger partial charge in [0.05, 0.1) is 0 Å². The Morgan fingerprint density at radius 3 is 2.50 bits per heavy atom. The van der Waals surface area contributed by atoms with Crippen LogP contribution in [0.25, 0.3) is 0 Å². The van der Waals surface area contributed by atoms with Gasteiger partial charge in [0.2, 0.25) is 5.91 Å². The molecule has 1 N–H and O–H groups in total. The lowest BCUT2D eigenvalue weighted by Crippen LogP contribution is -2.38. The smallest absolute Gasteiger partial charge is 0.317 e. The van der Waals surface area contributed by atoms with Crippen molar-refractivity contribution in [1.29, 1.82) is 0 Å². The second-order valence-electron chi connectivity index (χ2n) is 7.68. The third-order valence-corrected chi connectivity index (χ3v) is 5.29. The Bertz CT molecular complexity index is 789. The second-order valence-corrected chi connectivity index (χ2v) is 7.68. The van der Waals surface area contributed by atoms with Crippen molar-refractivity contribution in [3.63, 3.8) is 0 Å². The number of likely N-dealkylation sites (tertiary alicyclic amines) is 1. The lowest BCUT2D eigenvalue weighted by molar-refractivity contribution is -0.131. The molecule has 0 bridgehead atoms. The van der Waals surface area contributed by atoms with E-state index >= 15 is 0 Å². The predicted molar refractivity (Wildman–Crippen MR) is 111 cm³/mol. The van der Waals surface area contributed by atoms with Crippen LogP contribution in [0.4, 0.5) is 4.79 Å². The van der Waals surface area contributed by atoms with Crippen LogP contribution < -0.4 is 5.32 Å². The molecule has 1 aliphatic heterocycles. The molecule has 1 fully saturated rings. The Balaban J connectivity index is 1.42. The van der Waals surface area contributed by atoms with Crippen LogP contribution in [-0.4, -0.2) is 41.9 Å². The molecule has 0 spiro atoms. The molecule has 0 aromatic heterocycles. The highest BCUT2D eigenvalue weighted by molar-refractivity contribution is 5.77. The van der Waals surface area contributed by atoms with E-state index in [-0.39, 0.29) is 17.9 Å². The van der Waals surface area contributed by atoms with E-state index in [0.717, 1.165) is 17.5 Å². The number of amides is 3. The summed E-state index contributed by atoms with van der Waals surface area (Å²) >= 11 is 0. The van der Waals surface area contributed by atoms with Crippen molar-refractivity contribution in [2.75, 3.05) is 20.1 Å². The first kappa shape index (κ1) is 19.9. The van der Waals surface area contributed by atoms with Crippen molar-refractivity contribution in [3.8, 4) is 0 Å². The summed E-state index contributed by atoms with van der Waals surface area (Å²) in [6.45, 7) is 4.54. The molecule has 0 saturated carbocycles. The van der Waals surface area contributed by atoms with Gasteiger partial charge in [0.25, 0.3) is 0 Å². The summed E-state index contributed by atoms with van der Waals surface area (Å²) in [6, 6.07) is 18.1. The quantitative estimate of drug-likeness (QED) is 0.834. The molecule has 0 unspecified atom stereocenters. The van der Waals surface area contributed by atoms with Crippen LogP contribution in [-0.2, 0) is 17.9 Å². The zero-order chi connectivity index (χ0) is 19.9. The summed E-state index contributed by atoms with van der Waals surface area (Å²) in [6.07, 6.45) is 1.37. The summed E-state index contributed by atoms with van der Waals surface area (Å²) in [5.41, 5.74) is 3.42. The van der Waals surface area contributed by atoms with Crippen LogP contribution in [0.15, 0.2) is 54.6 Å². The molecular formula is C23H29N3O2. The Morgan fingerprint density at radius 2 is 1.79 bits per heavy atom. The number of nitrogens with zero attached hydrogens (tertiary/aromatic N) is 2. The Kier molecular flexibility index (Phi) is 6.69. The summed E-state index contributed by atoms with van der Waals surface area (Å²) in [5.74, 6) is 0.367. The second kappa shape index (κ2) is 9.40. The van der Waals surface area contributed by atoms with Crippen molar-refractivity contribution in [2.45, 2.75) is 32.9 Å². The van der Waals surface area contributed by atoms with Crippen molar-refractivity contribution >= 4 is 11.9 Å². The first-order chi connectivity index (χ1) is 13.5. The Labute approximate surface area is 167 Å². The first-order valence-corrected chi connectivity index (χ1v) is 9.87. The van der Waals surface area contributed by atoms with Crippen molar-refractivity contribution < 1.29 is 9.59 Å². The fraction of sp³-hybridized carbons (Fsp3) is 0.391. The molecule has 0 radical (unpaired) electrons. The zero-order valence-corrected chi connectivity index (χ0v) is 16.7. The van der Waals surface area contributed by atoms with Gasteiger partial charge in [0, 0.05) is 39.6 Å². The van der Waals surface area contributed by atoms with Gasteiger partial charge in [-0.2, -0.15) is 0 Å². The van der Waals surface area contributed by atoms with E-state index in [9.17, 15) is 9.59 Å². The predicted octanol–water partition coefficient (Wildman–Crippen LogP) is 3.58. The molecule has 1 saturated heterocycles. The lowest BCUT2D eigenvalue weighted by atomic mass is 10.0. The molecular weight excluding hydrogens is 350 g/mol. The number of benzene rings is 2. The van der Waals surface area contributed by atoms with Crippen LogP contribution >= 0.6 is 0 Å². The monoisotopic (exact) mass is 379 g/mol. The number of aryl methyl sites for hydroxylation is 1. The fourth-order valence-electron chi connectivity index (χ4n) is 3.53. The normalized spacial score (nSPS) is 16.1. The molecule has 0 aliphatic carbocycles. The van der Waals surface area contributed by atoms with E-state index in [1.165, 1.54) is 5.56 Å². The van der Waals surface area contributed by atoms with Gasteiger partial charge in [-0.25, -0.2) is 4.79 Å². The molecule has 148 valence electrons. The van der Waals surface area contributed by atoms with Gasteiger partial charge in [0.1, 0.15) is 0 Å². The largest absolute Gasteiger partial charge is 0.341 e. The van der Waals surface area contributed by atoms with Crippen LogP contribution in [0, 0.1) is 12.8 Å². The number of urea groups is 1. The molecule has 1 heterocycles. The average molecular weight is 380 g/mol. The maximum Gasteiger partial charge on any atom is 0.317 e. The van der Waals surface area contributed by atoms with E-state index in [1.54, 1.807) is 4.90 Å². The van der Waals surface area contributed by atoms with Crippen molar-refractivity contribution in [1.82, 2.24) is 15.1 Å². The van der Waals surface area contributed by atoms with Gasteiger partial charge in [-0.1, -0.05) is 60.2 Å². The Hall–Kier alpha value is -2.82. The molecule has 2 aromatic rings. The van der Waals surface area contributed by atoms with Crippen molar-refractivity contribution in [2.24, 2.45) is 5.92 Å². The van der Waals surface area contributed by atoms with Gasteiger partial charge < -0.3 is 15.1 Å². The lowest BCUT2D eigenvalue weighted by Gasteiger charge is -2.20. The van der Waals surface area contributed by atoms with Crippen LogP contribution in [0.3, 0.4) is 0 Å². The van der Waals surface area contributed by atoms with Crippen molar-refractivity contribution in [3.05, 3.63) is 71.3 Å². The molecule has 1 aliphatic rings. The number of nitrogens with one attached hydrogen (secondary N) is 1. The highest BCUT2D eigenvalue weighted by atomic mass is 16.2. The molecule has 5 heteroatoms. The molecule has 3 amide bonds. The van der Waals surface area contributed by atoms with Gasteiger partial charge in [-0.3, -0.25) is 4.79 Å². The highest BCUT2D eigenvalue weighted by Gasteiger charge is 2.28. The molecule has 1 atom stereocenters. The molecule has 3 rings (SSSR count). The number of carbonyl (C=O) groups excluding carboxylic acids is 2. The summed E-state index contributed by atoms with van der Waals surface area (Å²) < 4.78 is 0. The molecule has 2 aromatic carbocycles. The van der Waals surface area contributed by atoms with Gasteiger partial charge >= 0.3 is 6.03 Å². The number of carbonyl (C=O) groups is 2. The number of hydrogen-bond donors (Lipinski definition) is 1. The maximum atomic E-state index is 12.5. The van der Waals surface area contributed by atoms with Gasteiger partial charge in [-0.05, 0) is 30.4 Å². The van der Waals surface area contributed by atoms with Gasteiger partial charge in [0.15, 0.2) is 0 Å². The highest BCUT2D eigenvalue weighted by Crippen LogP contribution is 2.21. The van der Waals surface area contributed by atoms with Crippen LogP contribution in [0.1, 0.15) is 29.5 Å². The average Bonchev–Trinajstić information content (AvgIpc) is 3.16. The molecule has 5 nitrogen and oxygen atoms in total. The number of rotatable bonds is 6.